The van der Waals surface area contributed by atoms with E-state index >= 15 is 0 Å². The largest absolute Gasteiger partial charge is 0.472 e. The molecular formula is C43H82N4O14P+. The number of nitrogens with zero attached hydrogens (tertiary/aromatic N) is 1. The molecule has 0 fully saturated rings. The number of phosphoric ester groups is 1. The van der Waals surface area contributed by atoms with Crippen LogP contribution in [0.15, 0.2) is 12.2 Å². The Hall–Kier alpha value is -2.96. The van der Waals surface area contributed by atoms with Gasteiger partial charge in [0.2, 0.25) is 11.8 Å². The summed E-state index contributed by atoms with van der Waals surface area (Å²) >= 11 is 0. The number of carbonyl (C=O) groups excluding carboxylic acids is 5. The van der Waals surface area contributed by atoms with Crippen LogP contribution in [0.2, 0.25) is 0 Å². The highest BCUT2D eigenvalue weighted by atomic mass is 31.2. The summed E-state index contributed by atoms with van der Waals surface area (Å²) in [5.41, 5.74) is 0. The molecule has 0 aliphatic heterocycles. The zero-order chi connectivity index (χ0) is 46.7. The number of phosphoric acid groups is 1. The van der Waals surface area contributed by atoms with E-state index in [0.29, 0.717) is 43.3 Å². The normalized spacial score (nSPS) is 14.7. The third-order valence-electron chi connectivity index (χ3n) is 9.64. The molecule has 0 saturated heterocycles. The summed E-state index contributed by atoms with van der Waals surface area (Å²) in [4.78, 5) is 70.8. The predicted octanol–water partition coefficient (Wildman–Crippen LogP) is 4.99. The predicted molar refractivity (Wildman–Crippen MR) is 235 cm³/mol. The molecule has 62 heavy (non-hydrogen) atoms. The van der Waals surface area contributed by atoms with Gasteiger partial charge in [-0.3, -0.25) is 33.5 Å². The first-order valence-corrected chi connectivity index (χ1v) is 23.9. The SMILES string of the molecule is CCCCCCCCCCCCCCCC(=O)OCC(COP(=O)(O)OCC[N+](C)(C)C)OC(=O)CCC(O)/C=C/C(NCCCCC(NC(=O)CNC(C)=O)C(=O)OC)OC. The van der Waals surface area contributed by atoms with Crippen molar-refractivity contribution in [1.82, 2.24) is 16.0 Å². The lowest BCUT2D eigenvalue weighted by molar-refractivity contribution is -0.870. The van der Waals surface area contributed by atoms with Gasteiger partial charge in [-0.1, -0.05) is 90.0 Å². The zero-order valence-corrected chi connectivity index (χ0v) is 39.7. The number of quaternary nitrogens is 1. The lowest BCUT2D eigenvalue weighted by Crippen LogP contribution is -2.45. The Balaban J connectivity index is 4.88. The van der Waals surface area contributed by atoms with E-state index in [1.54, 1.807) is 6.08 Å². The summed E-state index contributed by atoms with van der Waals surface area (Å²) in [6, 6.07) is -0.869. The van der Waals surface area contributed by atoms with Gasteiger partial charge in [0.15, 0.2) is 6.10 Å². The molecule has 5 N–H and O–H groups in total. The van der Waals surface area contributed by atoms with Crippen molar-refractivity contribution in [3.05, 3.63) is 12.2 Å². The van der Waals surface area contributed by atoms with E-state index in [9.17, 15) is 38.5 Å². The molecule has 0 aromatic heterocycles. The minimum absolute atomic E-state index is 0.0204. The Morgan fingerprint density at radius 1 is 0.758 bits per heavy atom. The standard InChI is InChI=1S/C43H81N4O14P/c1-8-9-10-11-12-13-14-15-16-17-18-19-20-24-41(51)58-33-37(34-60-62(54,55)59-31-30-47(3,4)5)61-42(52)28-26-36(49)25-27-40(56-6)44-29-22-21-23-38(43(53)57-7)46-39(50)32-45-35(2)48/h25,27,36-38,40,44,49H,8-24,26,28-34H2,1-7H3,(H2-,45,46,48,50,54,55)/p+1/b27-25+. The molecule has 2 amide bonds. The van der Waals surface area contributed by atoms with Crippen LogP contribution >= 0.6 is 7.82 Å². The van der Waals surface area contributed by atoms with Crippen molar-refractivity contribution in [1.29, 1.82) is 0 Å². The number of nitrogens with one attached hydrogen (secondary N) is 3. The third kappa shape index (κ3) is 36.5. The number of unbranched alkanes of at least 4 members (excludes halogenated alkanes) is 13. The number of hydrogen-bond acceptors (Lipinski definition) is 14. The van der Waals surface area contributed by atoms with Gasteiger partial charge in [0.25, 0.3) is 0 Å². The maximum atomic E-state index is 12.8. The van der Waals surface area contributed by atoms with Crippen LogP contribution in [0.4, 0.5) is 0 Å². The van der Waals surface area contributed by atoms with E-state index in [1.165, 1.54) is 85.0 Å². The fourth-order valence-corrected chi connectivity index (χ4v) is 6.67. The fourth-order valence-electron chi connectivity index (χ4n) is 5.93. The van der Waals surface area contributed by atoms with E-state index in [1.807, 2.05) is 21.1 Å². The first-order chi connectivity index (χ1) is 29.4. The second kappa shape index (κ2) is 36.4. The second-order valence-electron chi connectivity index (χ2n) is 16.5. The third-order valence-corrected chi connectivity index (χ3v) is 10.6. The molecule has 19 heteroatoms. The van der Waals surface area contributed by atoms with Crippen molar-refractivity contribution >= 4 is 37.5 Å². The van der Waals surface area contributed by atoms with Gasteiger partial charge in [0, 0.05) is 26.9 Å². The number of likely N-dealkylation sites (N-methyl/N-ethyl adjacent to an activating group) is 1. The van der Waals surface area contributed by atoms with Crippen molar-refractivity contribution in [3.8, 4) is 0 Å². The van der Waals surface area contributed by atoms with Crippen molar-refractivity contribution < 1.29 is 71.0 Å². The first-order valence-electron chi connectivity index (χ1n) is 22.4. The van der Waals surface area contributed by atoms with Crippen LogP contribution < -0.4 is 16.0 Å². The highest BCUT2D eigenvalue weighted by molar-refractivity contribution is 7.47. The number of esters is 3. The fraction of sp³-hybridized carbons (Fsp3) is 0.837. The Bertz CT molecular complexity index is 1320. The number of ether oxygens (including phenoxy) is 4. The van der Waals surface area contributed by atoms with E-state index in [2.05, 4.69) is 22.9 Å². The van der Waals surface area contributed by atoms with Crippen LogP contribution in [0.1, 0.15) is 136 Å². The van der Waals surface area contributed by atoms with Crippen LogP contribution in [0.3, 0.4) is 0 Å². The van der Waals surface area contributed by atoms with Crippen LogP contribution in [-0.2, 0) is 56.5 Å². The molecule has 0 aromatic carbocycles. The molecule has 18 nitrogen and oxygen atoms in total. The molecule has 5 unspecified atom stereocenters. The molecule has 0 spiro atoms. The average Bonchev–Trinajstić information content (AvgIpc) is 3.21. The Kier molecular flexibility index (Phi) is 34.6. The quantitative estimate of drug-likeness (QED) is 0.0104. The summed E-state index contributed by atoms with van der Waals surface area (Å²) in [7, 11) is 3.88. The van der Waals surface area contributed by atoms with Gasteiger partial charge in [-0.05, 0) is 44.7 Å². The van der Waals surface area contributed by atoms with Crippen LogP contribution in [-0.4, -0.2) is 144 Å². The Morgan fingerprint density at radius 2 is 1.37 bits per heavy atom. The monoisotopic (exact) mass is 910 g/mol. The van der Waals surface area contributed by atoms with Crippen molar-refractivity contribution in [2.45, 2.75) is 160 Å². The lowest BCUT2D eigenvalue weighted by atomic mass is 10.0. The van der Waals surface area contributed by atoms with Crippen molar-refractivity contribution in [2.75, 3.05) is 74.8 Å². The van der Waals surface area contributed by atoms with Crippen molar-refractivity contribution in [2.24, 2.45) is 0 Å². The van der Waals surface area contributed by atoms with Gasteiger partial charge in [-0.2, -0.15) is 0 Å². The summed E-state index contributed by atoms with van der Waals surface area (Å²) in [6.07, 6.45) is 16.9. The van der Waals surface area contributed by atoms with Gasteiger partial charge >= 0.3 is 25.7 Å². The number of aliphatic hydroxyl groups is 1. The Morgan fingerprint density at radius 3 is 1.94 bits per heavy atom. The number of amides is 2. The minimum atomic E-state index is -4.51. The van der Waals surface area contributed by atoms with Crippen molar-refractivity contribution in [3.63, 3.8) is 0 Å². The molecular weight excluding hydrogens is 827 g/mol. The molecule has 0 aliphatic rings. The smallest absolute Gasteiger partial charge is 0.467 e. The molecule has 0 heterocycles. The molecule has 0 rings (SSSR count). The summed E-state index contributed by atoms with van der Waals surface area (Å²) < 4.78 is 44.2. The maximum Gasteiger partial charge on any atom is 0.472 e. The molecule has 0 aliphatic carbocycles. The molecule has 0 bridgehead atoms. The number of rotatable bonds is 40. The number of methoxy groups -OCH3 is 2. The number of carbonyl (C=O) groups is 5. The van der Waals surface area contributed by atoms with E-state index in [-0.39, 0.29) is 44.9 Å². The van der Waals surface area contributed by atoms with Gasteiger partial charge in [0.1, 0.15) is 32.0 Å². The zero-order valence-electron chi connectivity index (χ0n) is 38.8. The molecule has 0 radical (unpaired) electrons. The molecule has 0 saturated carbocycles. The minimum Gasteiger partial charge on any atom is -0.467 e. The van der Waals surface area contributed by atoms with Gasteiger partial charge in [0.05, 0.1) is 47.5 Å². The second-order valence-corrected chi connectivity index (χ2v) is 18.0. The topological polar surface area (TPSA) is 234 Å². The summed E-state index contributed by atoms with van der Waals surface area (Å²) in [6.45, 7) is 3.16. The van der Waals surface area contributed by atoms with Crippen LogP contribution in [0.5, 0.6) is 0 Å². The lowest BCUT2D eigenvalue weighted by Gasteiger charge is -2.24. The van der Waals surface area contributed by atoms with E-state index in [4.69, 9.17) is 28.0 Å². The van der Waals surface area contributed by atoms with Gasteiger partial charge in [-0.25, -0.2) is 9.36 Å². The number of hydrogen-bond donors (Lipinski definition) is 5. The van der Waals surface area contributed by atoms with E-state index < -0.39 is 62.7 Å². The maximum absolute atomic E-state index is 12.8. The molecule has 5 atom stereocenters. The van der Waals surface area contributed by atoms with E-state index in [0.717, 1.165) is 19.3 Å². The number of aliphatic hydroxyl groups excluding tert-OH is 1. The summed E-state index contributed by atoms with van der Waals surface area (Å²) in [5.74, 6) is -2.70. The summed E-state index contributed by atoms with van der Waals surface area (Å²) in [5, 5.41) is 18.6. The molecule has 0 aromatic rings. The highest BCUT2D eigenvalue weighted by Crippen LogP contribution is 2.43. The Labute approximate surface area is 371 Å². The molecule has 362 valence electrons. The van der Waals surface area contributed by atoms with Crippen LogP contribution in [0, 0.1) is 0 Å². The van der Waals surface area contributed by atoms with Gasteiger partial charge in [-0.15, -0.1) is 0 Å². The van der Waals surface area contributed by atoms with Gasteiger partial charge < -0.3 is 44.1 Å². The average molecular weight is 910 g/mol. The van der Waals surface area contributed by atoms with Crippen LogP contribution in [0.25, 0.3) is 0 Å². The first kappa shape index (κ1) is 59.0. The highest BCUT2D eigenvalue weighted by Gasteiger charge is 2.27.